The van der Waals surface area contributed by atoms with E-state index in [4.69, 9.17) is 14.2 Å². The minimum atomic E-state index is -0.671. The Bertz CT molecular complexity index is 1190. The summed E-state index contributed by atoms with van der Waals surface area (Å²) in [5.74, 6) is -0.565. The third-order valence-corrected chi connectivity index (χ3v) is 5.21. The average molecular weight is 460 g/mol. The molecular formula is C26H24N2O6. The normalized spacial score (nSPS) is 12.9. The van der Waals surface area contributed by atoms with Crippen LogP contribution in [0.25, 0.3) is 0 Å². The third kappa shape index (κ3) is 5.53. The molecule has 3 aromatic carbocycles. The first kappa shape index (κ1) is 22.8. The van der Waals surface area contributed by atoms with Gasteiger partial charge in [0.25, 0.3) is 11.8 Å². The third-order valence-electron chi connectivity index (χ3n) is 5.21. The zero-order valence-corrected chi connectivity index (χ0v) is 18.6. The second-order valence-corrected chi connectivity index (χ2v) is 7.63. The molecule has 34 heavy (non-hydrogen) atoms. The van der Waals surface area contributed by atoms with Gasteiger partial charge in [-0.3, -0.25) is 9.59 Å². The summed E-state index contributed by atoms with van der Waals surface area (Å²) in [4.78, 5) is 37.6. The second kappa shape index (κ2) is 10.5. The monoisotopic (exact) mass is 460 g/mol. The van der Waals surface area contributed by atoms with Crippen molar-refractivity contribution in [1.82, 2.24) is 5.32 Å². The van der Waals surface area contributed by atoms with Gasteiger partial charge in [0.05, 0.1) is 22.9 Å². The van der Waals surface area contributed by atoms with E-state index in [-0.39, 0.29) is 17.5 Å². The lowest BCUT2D eigenvalue weighted by atomic mass is 10.1. The quantitative estimate of drug-likeness (QED) is 0.521. The van der Waals surface area contributed by atoms with Gasteiger partial charge in [-0.25, -0.2) is 4.79 Å². The van der Waals surface area contributed by atoms with E-state index in [1.165, 1.54) is 6.07 Å². The Morgan fingerprint density at radius 1 is 0.912 bits per heavy atom. The number of rotatable bonds is 7. The smallest absolute Gasteiger partial charge is 0.338 e. The highest BCUT2D eigenvalue weighted by Gasteiger charge is 2.19. The van der Waals surface area contributed by atoms with Crippen LogP contribution in [0.1, 0.15) is 39.2 Å². The van der Waals surface area contributed by atoms with Crippen LogP contribution in [0.3, 0.4) is 0 Å². The number of nitrogens with one attached hydrogen (secondary N) is 2. The minimum absolute atomic E-state index is 0.218. The van der Waals surface area contributed by atoms with Crippen LogP contribution in [0.15, 0.2) is 72.8 Å². The van der Waals surface area contributed by atoms with Crippen molar-refractivity contribution >= 4 is 23.5 Å². The number of para-hydroxylation sites is 1. The van der Waals surface area contributed by atoms with Crippen LogP contribution in [0.2, 0.25) is 0 Å². The van der Waals surface area contributed by atoms with E-state index in [9.17, 15) is 14.4 Å². The SMILES string of the molecule is C[C@H](NC(=O)c1ccccc1NC(=O)COC(=O)c1ccc2c(c1)OCCO2)c1ccccc1. The molecule has 8 heteroatoms. The van der Waals surface area contributed by atoms with Gasteiger partial charge in [0.1, 0.15) is 13.2 Å². The molecule has 0 aromatic heterocycles. The molecule has 0 spiro atoms. The summed E-state index contributed by atoms with van der Waals surface area (Å²) in [6, 6.07) is 20.7. The number of anilines is 1. The van der Waals surface area contributed by atoms with E-state index in [1.807, 2.05) is 37.3 Å². The standard InChI is InChI=1S/C26H24N2O6/c1-17(18-7-3-2-4-8-18)27-25(30)20-9-5-6-10-21(20)28-24(29)16-34-26(31)19-11-12-22-23(15-19)33-14-13-32-22/h2-12,15,17H,13-14,16H2,1H3,(H,27,30)(H,28,29)/t17-/m0/s1. The number of amides is 2. The van der Waals surface area contributed by atoms with Gasteiger partial charge >= 0.3 is 5.97 Å². The average Bonchev–Trinajstić information content (AvgIpc) is 2.87. The fourth-order valence-electron chi connectivity index (χ4n) is 3.46. The molecule has 1 atom stereocenters. The first-order valence-corrected chi connectivity index (χ1v) is 10.8. The lowest BCUT2D eigenvalue weighted by molar-refractivity contribution is -0.119. The number of fused-ring (bicyclic) bond motifs is 1. The summed E-state index contributed by atoms with van der Waals surface area (Å²) >= 11 is 0. The molecule has 0 bridgehead atoms. The highest BCUT2D eigenvalue weighted by molar-refractivity contribution is 6.04. The Hall–Kier alpha value is -4.33. The van der Waals surface area contributed by atoms with Crippen molar-refractivity contribution in [2.45, 2.75) is 13.0 Å². The van der Waals surface area contributed by atoms with E-state index >= 15 is 0 Å². The van der Waals surface area contributed by atoms with Crippen molar-refractivity contribution < 1.29 is 28.6 Å². The molecule has 2 N–H and O–H groups in total. The summed E-state index contributed by atoms with van der Waals surface area (Å²) < 4.78 is 16.0. The van der Waals surface area contributed by atoms with Gasteiger partial charge in [0, 0.05) is 0 Å². The summed E-state index contributed by atoms with van der Waals surface area (Å²) in [5, 5.41) is 5.56. The Balaban J connectivity index is 1.35. The first-order valence-electron chi connectivity index (χ1n) is 10.8. The van der Waals surface area contributed by atoms with E-state index in [2.05, 4.69) is 10.6 Å². The number of hydrogen-bond acceptors (Lipinski definition) is 6. The number of carbonyl (C=O) groups excluding carboxylic acids is 3. The van der Waals surface area contributed by atoms with Gasteiger partial charge in [0.2, 0.25) is 0 Å². The molecule has 0 saturated heterocycles. The van der Waals surface area contributed by atoms with Gasteiger partial charge in [-0.15, -0.1) is 0 Å². The molecule has 0 aliphatic carbocycles. The second-order valence-electron chi connectivity index (χ2n) is 7.63. The predicted octanol–water partition coefficient (Wildman–Crippen LogP) is 3.74. The predicted molar refractivity (Wildman–Crippen MR) is 125 cm³/mol. The van der Waals surface area contributed by atoms with Crippen LogP contribution in [-0.2, 0) is 9.53 Å². The summed E-state index contributed by atoms with van der Waals surface area (Å²) in [6.07, 6.45) is 0. The topological polar surface area (TPSA) is 103 Å². The molecule has 2 amide bonds. The van der Waals surface area contributed by atoms with Crippen molar-refractivity contribution in [3.63, 3.8) is 0 Å². The molecule has 0 radical (unpaired) electrons. The number of ether oxygens (including phenoxy) is 3. The largest absolute Gasteiger partial charge is 0.486 e. The van der Waals surface area contributed by atoms with E-state index in [1.54, 1.807) is 36.4 Å². The number of benzene rings is 3. The molecule has 3 aromatic rings. The molecule has 1 aliphatic rings. The zero-order valence-electron chi connectivity index (χ0n) is 18.6. The zero-order chi connectivity index (χ0) is 23.9. The van der Waals surface area contributed by atoms with Gasteiger partial charge in [0.15, 0.2) is 18.1 Å². The van der Waals surface area contributed by atoms with Gasteiger partial charge in [-0.2, -0.15) is 0 Å². The van der Waals surface area contributed by atoms with Crippen LogP contribution in [-0.4, -0.2) is 37.6 Å². The van der Waals surface area contributed by atoms with Crippen LogP contribution in [0.4, 0.5) is 5.69 Å². The Morgan fingerprint density at radius 3 is 2.41 bits per heavy atom. The van der Waals surface area contributed by atoms with E-state index in [0.717, 1.165) is 5.56 Å². The lowest BCUT2D eigenvalue weighted by Gasteiger charge is -2.18. The maximum Gasteiger partial charge on any atom is 0.338 e. The highest BCUT2D eigenvalue weighted by Crippen LogP contribution is 2.31. The van der Waals surface area contributed by atoms with Crippen LogP contribution < -0.4 is 20.1 Å². The number of hydrogen-bond donors (Lipinski definition) is 2. The van der Waals surface area contributed by atoms with Gasteiger partial charge < -0.3 is 24.8 Å². The molecule has 174 valence electrons. The molecule has 8 nitrogen and oxygen atoms in total. The maximum absolute atomic E-state index is 12.8. The van der Waals surface area contributed by atoms with Crippen molar-refractivity contribution in [1.29, 1.82) is 0 Å². The highest BCUT2D eigenvalue weighted by atomic mass is 16.6. The Labute approximate surface area is 196 Å². The molecule has 0 fully saturated rings. The fraction of sp³-hybridized carbons (Fsp3) is 0.192. The number of esters is 1. The molecule has 4 rings (SSSR count). The molecule has 0 saturated carbocycles. The van der Waals surface area contributed by atoms with Gasteiger partial charge in [-0.05, 0) is 42.8 Å². The van der Waals surface area contributed by atoms with Gasteiger partial charge in [-0.1, -0.05) is 42.5 Å². The van der Waals surface area contributed by atoms with E-state index < -0.39 is 18.5 Å². The van der Waals surface area contributed by atoms with Crippen molar-refractivity contribution in [2.75, 3.05) is 25.1 Å². The van der Waals surface area contributed by atoms with Crippen molar-refractivity contribution in [2.24, 2.45) is 0 Å². The minimum Gasteiger partial charge on any atom is -0.486 e. The van der Waals surface area contributed by atoms with Crippen LogP contribution >= 0.6 is 0 Å². The lowest BCUT2D eigenvalue weighted by Crippen LogP contribution is -2.28. The molecular weight excluding hydrogens is 436 g/mol. The Morgan fingerprint density at radius 2 is 1.62 bits per heavy atom. The Kier molecular flexibility index (Phi) is 7.07. The first-order chi connectivity index (χ1) is 16.5. The van der Waals surface area contributed by atoms with Crippen LogP contribution in [0, 0.1) is 0 Å². The summed E-state index contributed by atoms with van der Waals surface area (Å²) in [7, 11) is 0. The summed E-state index contributed by atoms with van der Waals surface area (Å²) in [5.41, 5.74) is 1.83. The van der Waals surface area contributed by atoms with E-state index in [0.29, 0.717) is 36.0 Å². The van der Waals surface area contributed by atoms with Crippen molar-refractivity contribution in [3.8, 4) is 11.5 Å². The summed E-state index contributed by atoms with van der Waals surface area (Å²) in [6.45, 7) is 2.21. The fourth-order valence-corrected chi connectivity index (χ4v) is 3.46. The molecule has 1 heterocycles. The maximum atomic E-state index is 12.8. The molecule has 0 unspecified atom stereocenters. The van der Waals surface area contributed by atoms with Crippen LogP contribution in [0.5, 0.6) is 11.5 Å². The number of carbonyl (C=O) groups is 3. The molecule has 1 aliphatic heterocycles. The van der Waals surface area contributed by atoms with Crippen molar-refractivity contribution in [3.05, 3.63) is 89.5 Å².